The molecule has 0 aliphatic carbocycles. The van der Waals surface area contributed by atoms with Crippen molar-refractivity contribution in [2.75, 3.05) is 7.11 Å². The molecule has 1 heterocycles. The molecule has 5 atom stereocenters. The first kappa shape index (κ1) is 13.8. The molecular weight excluding hydrogens is 228 g/mol. The molecule has 0 aromatic rings. The maximum atomic E-state index is 11.4. The quantitative estimate of drug-likeness (QED) is 0.408. The van der Waals surface area contributed by atoms with Gasteiger partial charge >= 0.3 is 5.97 Å². The molecule has 0 aromatic carbocycles. The number of hydrogen-bond acceptors (Lipinski definition) is 6. The Bertz CT molecular complexity index is 302. The molecule has 1 fully saturated rings. The van der Waals surface area contributed by atoms with E-state index in [1.54, 1.807) is 6.92 Å². The van der Waals surface area contributed by atoms with Gasteiger partial charge in [-0.1, -0.05) is 0 Å². The lowest BCUT2D eigenvalue weighted by atomic mass is 9.76. The minimum atomic E-state index is -1.07. The fraction of sp³-hybridized carbons (Fsp3) is 0.727. The van der Waals surface area contributed by atoms with Gasteiger partial charge in [0.1, 0.15) is 18.5 Å². The Kier molecular flexibility index (Phi) is 4.77. The van der Waals surface area contributed by atoms with Crippen molar-refractivity contribution in [3.63, 3.8) is 0 Å². The van der Waals surface area contributed by atoms with Crippen LogP contribution in [0.25, 0.3) is 0 Å². The van der Waals surface area contributed by atoms with E-state index in [1.165, 1.54) is 7.11 Å². The molecule has 0 radical (unpaired) electrons. The molecule has 0 aromatic heterocycles. The lowest BCUT2D eigenvalue weighted by molar-refractivity contribution is -0.199. The Balaban J connectivity index is 2.93. The van der Waals surface area contributed by atoms with Crippen molar-refractivity contribution in [1.82, 2.24) is 0 Å². The van der Waals surface area contributed by atoms with Crippen LogP contribution in [-0.4, -0.2) is 43.2 Å². The van der Waals surface area contributed by atoms with Crippen LogP contribution in [0.2, 0.25) is 0 Å². The molecule has 0 amide bonds. The summed E-state index contributed by atoms with van der Waals surface area (Å²) < 4.78 is 9.60. The molecule has 1 N–H and O–H groups in total. The van der Waals surface area contributed by atoms with E-state index in [4.69, 9.17) is 4.74 Å². The number of rotatable bonds is 4. The molecule has 0 bridgehead atoms. The fourth-order valence-electron chi connectivity index (χ4n) is 2.20. The summed E-state index contributed by atoms with van der Waals surface area (Å²) in [5.41, 5.74) is 0. The molecule has 6 nitrogen and oxygen atoms in total. The van der Waals surface area contributed by atoms with E-state index in [9.17, 15) is 19.5 Å². The van der Waals surface area contributed by atoms with E-state index in [0.29, 0.717) is 12.6 Å². The third-order valence-electron chi connectivity index (χ3n) is 3.12. The second-order valence-electron chi connectivity index (χ2n) is 4.09. The molecule has 6 heteroatoms. The van der Waals surface area contributed by atoms with Crippen LogP contribution in [0.1, 0.15) is 13.3 Å². The van der Waals surface area contributed by atoms with Crippen molar-refractivity contribution in [3.05, 3.63) is 0 Å². The van der Waals surface area contributed by atoms with Gasteiger partial charge in [0.15, 0.2) is 6.29 Å². The first-order valence-electron chi connectivity index (χ1n) is 5.37. The minimum Gasteiger partial charge on any atom is -0.468 e. The third-order valence-corrected chi connectivity index (χ3v) is 3.12. The van der Waals surface area contributed by atoms with Gasteiger partial charge in [-0.3, -0.25) is 4.79 Å². The average Bonchev–Trinajstić information content (AvgIpc) is 2.29. The highest BCUT2D eigenvalue weighted by Crippen LogP contribution is 2.33. The second kappa shape index (κ2) is 5.88. The van der Waals surface area contributed by atoms with Gasteiger partial charge in [0.25, 0.3) is 0 Å². The molecule has 0 saturated carbocycles. The van der Waals surface area contributed by atoms with Gasteiger partial charge in [-0.25, -0.2) is 0 Å². The predicted molar refractivity (Wildman–Crippen MR) is 55.8 cm³/mol. The molecule has 96 valence electrons. The third kappa shape index (κ3) is 2.89. The number of aldehydes is 2. The van der Waals surface area contributed by atoms with Crippen LogP contribution in [0.4, 0.5) is 0 Å². The number of hydrogen-bond donors (Lipinski definition) is 1. The van der Waals surface area contributed by atoms with E-state index in [-0.39, 0.29) is 6.42 Å². The summed E-state index contributed by atoms with van der Waals surface area (Å²) in [6, 6.07) is 0. The Morgan fingerprint density at radius 3 is 2.65 bits per heavy atom. The van der Waals surface area contributed by atoms with Gasteiger partial charge in [-0.15, -0.1) is 0 Å². The lowest BCUT2D eigenvalue weighted by Crippen LogP contribution is -2.45. The normalized spacial score (nSPS) is 34.8. The van der Waals surface area contributed by atoms with Gasteiger partial charge < -0.3 is 24.2 Å². The summed E-state index contributed by atoms with van der Waals surface area (Å²) in [5.74, 6) is -2.93. The number of esters is 1. The van der Waals surface area contributed by atoms with Gasteiger partial charge in [0, 0.05) is 12.3 Å². The summed E-state index contributed by atoms with van der Waals surface area (Å²) in [6.07, 6.45) is -0.434. The monoisotopic (exact) mass is 244 g/mol. The maximum absolute atomic E-state index is 11.4. The zero-order chi connectivity index (χ0) is 13.0. The van der Waals surface area contributed by atoms with E-state index in [2.05, 4.69) is 4.74 Å². The van der Waals surface area contributed by atoms with Crippen molar-refractivity contribution in [2.24, 2.45) is 17.8 Å². The fourth-order valence-corrected chi connectivity index (χ4v) is 2.20. The van der Waals surface area contributed by atoms with Crippen LogP contribution >= 0.6 is 0 Å². The Morgan fingerprint density at radius 1 is 1.53 bits per heavy atom. The van der Waals surface area contributed by atoms with E-state index in [0.717, 1.165) is 0 Å². The summed E-state index contributed by atoms with van der Waals surface area (Å²) >= 11 is 0. The lowest BCUT2D eigenvalue weighted by Gasteiger charge is -2.37. The van der Waals surface area contributed by atoms with Gasteiger partial charge in [-0.2, -0.15) is 0 Å². The second-order valence-corrected chi connectivity index (χ2v) is 4.09. The van der Waals surface area contributed by atoms with Gasteiger partial charge in [0.2, 0.25) is 0 Å². The maximum Gasteiger partial charge on any atom is 0.316 e. The van der Waals surface area contributed by atoms with Crippen LogP contribution in [0, 0.1) is 17.8 Å². The summed E-state index contributed by atoms with van der Waals surface area (Å²) in [7, 11) is 1.17. The van der Waals surface area contributed by atoms with E-state index < -0.39 is 36.1 Å². The van der Waals surface area contributed by atoms with Gasteiger partial charge in [-0.05, 0) is 12.8 Å². The van der Waals surface area contributed by atoms with Crippen molar-refractivity contribution in [1.29, 1.82) is 0 Å². The van der Waals surface area contributed by atoms with E-state index in [1.807, 2.05) is 0 Å². The molecule has 17 heavy (non-hydrogen) atoms. The highest BCUT2D eigenvalue weighted by atomic mass is 16.6. The van der Waals surface area contributed by atoms with Gasteiger partial charge in [0.05, 0.1) is 13.2 Å². The van der Waals surface area contributed by atoms with Crippen LogP contribution in [0.5, 0.6) is 0 Å². The number of methoxy groups -OCH3 is 1. The first-order chi connectivity index (χ1) is 8.04. The van der Waals surface area contributed by atoms with Crippen molar-refractivity contribution in [2.45, 2.75) is 25.7 Å². The first-order valence-corrected chi connectivity index (χ1v) is 5.37. The Hall–Kier alpha value is -1.27. The van der Waals surface area contributed by atoms with E-state index >= 15 is 0 Å². The largest absolute Gasteiger partial charge is 0.468 e. The number of aliphatic hydroxyl groups is 1. The van der Waals surface area contributed by atoms with Crippen molar-refractivity contribution >= 4 is 18.5 Å². The highest BCUT2D eigenvalue weighted by molar-refractivity contribution is 5.88. The van der Waals surface area contributed by atoms with Crippen LogP contribution in [0.15, 0.2) is 0 Å². The standard InChI is InChI=1S/C11H16O6/c1-6-8(4-12)7(3-10(14)17-6)9(5-13)11(15)16-2/h4-10,14H,3H2,1-2H3/t6-,7-,8+,9+,10?/m0/s1. The summed E-state index contributed by atoms with van der Waals surface area (Å²) in [6.45, 7) is 1.62. The molecule has 1 rings (SSSR count). The number of carbonyl (C=O) groups is 3. The minimum absolute atomic E-state index is 0.0618. The average molecular weight is 244 g/mol. The van der Waals surface area contributed by atoms with Crippen LogP contribution in [-0.2, 0) is 23.9 Å². The molecule has 1 aliphatic rings. The van der Waals surface area contributed by atoms with Crippen LogP contribution in [0.3, 0.4) is 0 Å². The molecular formula is C11H16O6. The molecule has 1 unspecified atom stereocenters. The number of aliphatic hydroxyl groups excluding tert-OH is 1. The smallest absolute Gasteiger partial charge is 0.316 e. The molecule has 1 saturated heterocycles. The number of ether oxygens (including phenoxy) is 2. The summed E-state index contributed by atoms with van der Waals surface area (Å²) in [5, 5.41) is 9.46. The zero-order valence-electron chi connectivity index (χ0n) is 9.74. The zero-order valence-corrected chi connectivity index (χ0v) is 9.74. The van der Waals surface area contributed by atoms with Crippen LogP contribution < -0.4 is 0 Å². The topological polar surface area (TPSA) is 89.9 Å². The predicted octanol–water partition coefficient (Wildman–Crippen LogP) is -0.467. The SMILES string of the molecule is COC(=O)[C@H](C=O)[C@H]1CC(O)O[C@@H](C)[C@H]1C=O. The Labute approximate surface area is 98.9 Å². The molecule has 1 aliphatic heterocycles. The summed E-state index contributed by atoms with van der Waals surface area (Å²) in [4.78, 5) is 33.4. The number of carbonyl (C=O) groups excluding carboxylic acids is 3. The van der Waals surface area contributed by atoms with Crippen molar-refractivity contribution < 1.29 is 29.0 Å². The highest BCUT2D eigenvalue weighted by Gasteiger charge is 2.43. The van der Waals surface area contributed by atoms with Crippen molar-refractivity contribution in [3.8, 4) is 0 Å². The Morgan fingerprint density at radius 2 is 2.18 bits per heavy atom. The molecule has 0 spiro atoms.